The fourth-order valence-electron chi connectivity index (χ4n) is 1.71. The van der Waals surface area contributed by atoms with E-state index in [4.69, 9.17) is 5.73 Å². The number of halogens is 1. The number of hydrogen-bond acceptors (Lipinski definition) is 3. The van der Waals surface area contributed by atoms with Crippen LogP contribution in [0.3, 0.4) is 0 Å². The van der Waals surface area contributed by atoms with Crippen molar-refractivity contribution in [1.29, 1.82) is 0 Å². The Kier molecular flexibility index (Phi) is 4.01. The monoisotopic (exact) mass is 322 g/mol. The van der Waals surface area contributed by atoms with E-state index in [9.17, 15) is 4.79 Å². The van der Waals surface area contributed by atoms with E-state index in [0.29, 0.717) is 11.3 Å². The van der Waals surface area contributed by atoms with Crippen LogP contribution in [0.4, 0.5) is 5.69 Å². The molecular weight excluding hydrogens is 308 g/mol. The predicted octanol–water partition coefficient (Wildman–Crippen LogP) is 2.13. The minimum atomic E-state index is -0.735. The Labute approximate surface area is 119 Å². The van der Waals surface area contributed by atoms with Crippen molar-refractivity contribution in [1.82, 2.24) is 9.78 Å². The Morgan fingerprint density at radius 1 is 1.53 bits per heavy atom. The van der Waals surface area contributed by atoms with Gasteiger partial charge in [0.15, 0.2) is 0 Å². The molecule has 0 fully saturated rings. The van der Waals surface area contributed by atoms with Crippen LogP contribution in [-0.2, 0) is 11.8 Å². The Morgan fingerprint density at radius 3 is 2.89 bits per heavy atom. The van der Waals surface area contributed by atoms with Gasteiger partial charge in [-0.3, -0.25) is 9.48 Å². The maximum Gasteiger partial charge on any atom is 0.246 e. The lowest BCUT2D eigenvalue weighted by atomic mass is 10.1. The van der Waals surface area contributed by atoms with Gasteiger partial charge in [0.25, 0.3) is 0 Å². The molecule has 1 amide bonds. The van der Waals surface area contributed by atoms with Gasteiger partial charge >= 0.3 is 0 Å². The number of aromatic nitrogens is 2. The minimum Gasteiger partial charge on any atom is -0.323 e. The molecule has 3 N–H and O–H groups in total. The Hall–Kier alpha value is -1.66. The summed E-state index contributed by atoms with van der Waals surface area (Å²) in [5.41, 5.74) is 8.35. The molecule has 0 spiro atoms. The van der Waals surface area contributed by atoms with Crippen LogP contribution in [0.25, 0.3) is 0 Å². The van der Waals surface area contributed by atoms with Gasteiger partial charge in [0.2, 0.25) is 5.91 Å². The minimum absolute atomic E-state index is 0.265. The summed E-state index contributed by atoms with van der Waals surface area (Å²) in [6.07, 6.45) is 3.32. The van der Waals surface area contributed by atoms with Gasteiger partial charge in [0.05, 0.1) is 11.9 Å². The molecule has 1 unspecified atom stereocenters. The second-order valence-corrected chi connectivity index (χ2v) is 5.14. The lowest BCUT2D eigenvalue weighted by molar-refractivity contribution is -0.117. The number of rotatable bonds is 3. The maximum atomic E-state index is 12.1. The van der Waals surface area contributed by atoms with Crippen LogP contribution in [-0.4, -0.2) is 15.7 Å². The molecule has 0 saturated heterocycles. The lowest BCUT2D eigenvalue weighted by Crippen LogP contribution is -2.27. The summed E-state index contributed by atoms with van der Waals surface area (Å²) in [4.78, 5) is 12.1. The zero-order chi connectivity index (χ0) is 14.0. The molecule has 1 heterocycles. The van der Waals surface area contributed by atoms with E-state index in [2.05, 4.69) is 26.3 Å². The first-order chi connectivity index (χ1) is 8.99. The van der Waals surface area contributed by atoms with Gasteiger partial charge in [0, 0.05) is 23.3 Å². The molecule has 2 rings (SSSR count). The molecule has 100 valence electrons. The summed E-state index contributed by atoms with van der Waals surface area (Å²) >= 11 is 3.45. The first kappa shape index (κ1) is 13.8. The third-order valence-electron chi connectivity index (χ3n) is 2.82. The first-order valence-corrected chi connectivity index (χ1v) is 6.58. The van der Waals surface area contributed by atoms with Gasteiger partial charge < -0.3 is 11.1 Å². The number of anilines is 1. The summed E-state index contributed by atoms with van der Waals surface area (Å²) in [6.45, 7) is 1.96. The molecule has 5 nitrogen and oxygen atoms in total. The van der Waals surface area contributed by atoms with Crippen molar-refractivity contribution in [2.45, 2.75) is 13.0 Å². The van der Waals surface area contributed by atoms with Crippen LogP contribution in [0.1, 0.15) is 17.2 Å². The summed E-state index contributed by atoms with van der Waals surface area (Å²) < 4.78 is 2.48. The number of amides is 1. The molecule has 1 aromatic heterocycles. The number of hydrogen-bond donors (Lipinski definition) is 2. The Bertz CT molecular complexity index is 608. The second kappa shape index (κ2) is 5.54. The van der Waals surface area contributed by atoms with Crippen molar-refractivity contribution < 1.29 is 4.79 Å². The van der Waals surface area contributed by atoms with Crippen LogP contribution in [0.2, 0.25) is 0 Å². The first-order valence-electron chi connectivity index (χ1n) is 5.79. The highest BCUT2D eigenvalue weighted by Gasteiger charge is 2.18. The van der Waals surface area contributed by atoms with E-state index in [1.54, 1.807) is 24.1 Å². The van der Waals surface area contributed by atoms with Crippen molar-refractivity contribution in [2.24, 2.45) is 12.8 Å². The standard InChI is InChI=1S/C13H15BrN4O/c1-8-4-3-5-10(11(8)14)17-13(19)12(15)9-6-16-18(2)7-9/h3-7,12H,15H2,1-2H3,(H,17,19). The average Bonchev–Trinajstić information content (AvgIpc) is 2.80. The number of nitrogens with zero attached hydrogens (tertiary/aromatic N) is 2. The van der Waals surface area contributed by atoms with Crippen LogP contribution in [0.5, 0.6) is 0 Å². The van der Waals surface area contributed by atoms with Crippen LogP contribution in [0, 0.1) is 6.92 Å². The van der Waals surface area contributed by atoms with Crippen LogP contribution < -0.4 is 11.1 Å². The Morgan fingerprint density at radius 2 is 2.26 bits per heavy atom. The van der Waals surface area contributed by atoms with Crippen LogP contribution >= 0.6 is 15.9 Å². The summed E-state index contributed by atoms with van der Waals surface area (Å²) in [6, 6.07) is 4.93. The molecule has 0 bridgehead atoms. The molecule has 0 radical (unpaired) electrons. The number of nitrogens with two attached hydrogens (primary N) is 1. The van der Waals surface area contributed by atoms with E-state index in [-0.39, 0.29) is 5.91 Å². The molecule has 0 aliphatic carbocycles. The van der Waals surface area contributed by atoms with Crippen molar-refractivity contribution in [3.05, 3.63) is 46.2 Å². The second-order valence-electron chi connectivity index (χ2n) is 4.35. The van der Waals surface area contributed by atoms with Crippen molar-refractivity contribution in [3.8, 4) is 0 Å². The third-order valence-corrected chi connectivity index (χ3v) is 3.87. The smallest absolute Gasteiger partial charge is 0.246 e. The molecule has 0 aliphatic rings. The normalized spacial score (nSPS) is 12.2. The molecule has 6 heteroatoms. The quantitative estimate of drug-likeness (QED) is 0.909. The highest BCUT2D eigenvalue weighted by atomic mass is 79.9. The molecule has 0 aliphatic heterocycles. The van der Waals surface area contributed by atoms with Gasteiger partial charge in [-0.15, -0.1) is 0 Å². The largest absolute Gasteiger partial charge is 0.323 e. The highest BCUT2D eigenvalue weighted by molar-refractivity contribution is 9.10. The summed E-state index contributed by atoms with van der Waals surface area (Å²) in [5.74, 6) is -0.265. The van der Waals surface area contributed by atoms with Crippen molar-refractivity contribution in [3.63, 3.8) is 0 Å². The molecule has 2 aromatic rings. The van der Waals surface area contributed by atoms with E-state index in [0.717, 1.165) is 10.0 Å². The average molecular weight is 323 g/mol. The molecule has 1 aromatic carbocycles. The van der Waals surface area contributed by atoms with Crippen LogP contribution in [0.15, 0.2) is 35.1 Å². The molecular formula is C13H15BrN4O. The zero-order valence-electron chi connectivity index (χ0n) is 10.7. The zero-order valence-corrected chi connectivity index (χ0v) is 12.3. The third kappa shape index (κ3) is 3.02. The number of carbonyl (C=O) groups excluding carboxylic acids is 1. The number of carbonyl (C=O) groups is 1. The number of aryl methyl sites for hydroxylation is 2. The summed E-state index contributed by atoms with van der Waals surface area (Å²) in [5, 5.41) is 6.82. The van der Waals surface area contributed by atoms with Gasteiger partial charge in [0.1, 0.15) is 6.04 Å². The SMILES string of the molecule is Cc1cccc(NC(=O)C(N)c2cnn(C)c2)c1Br. The van der Waals surface area contributed by atoms with E-state index in [1.807, 2.05) is 25.1 Å². The van der Waals surface area contributed by atoms with Gasteiger partial charge in [-0.2, -0.15) is 5.10 Å². The van der Waals surface area contributed by atoms with Crippen molar-refractivity contribution >= 4 is 27.5 Å². The fraction of sp³-hybridized carbons (Fsp3) is 0.231. The van der Waals surface area contributed by atoms with Gasteiger partial charge in [-0.1, -0.05) is 12.1 Å². The maximum absolute atomic E-state index is 12.1. The number of benzene rings is 1. The molecule has 1 atom stereocenters. The lowest BCUT2D eigenvalue weighted by Gasteiger charge is -2.12. The van der Waals surface area contributed by atoms with Crippen molar-refractivity contribution in [2.75, 3.05) is 5.32 Å². The topological polar surface area (TPSA) is 72.9 Å². The van der Waals surface area contributed by atoms with Gasteiger partial charge in [-0.05, 0) is 34.5 Å². The molecule has 19 heavy (non-hydrogen) atoms. The highest BCUT2D eigenvalue weighted by Crippen LogP contribution is 2.26. The summed E-state index contributed by atoms with van der Waals surface area (Å²) in [7, 11) is 1.78. The Balaban J connectivity index is 2.15. The molecule has 0 saturated carbocycles. The van der Waals surface area contributed by atoms with E-state index >= 15 is 0 Å². The fourth-order valence-corrected chi connectivity index (χ4v) is 2.07. The van der Waals surface area contributed by atoms with E-state index < -0.39 is 6.04 Å². The van der Waals surface area contributed by atoms with Gasteiger partial charge in [-0.25, -0.2) is 0 Å². The number of nitrogens with one attached hydrogen (secondary N) is 1. The van der Waals surface area contributed by atoms with E-state index in [1.165, 1.54) is 0 Å². The predicted molar refractivity (Wildman–Crippen MR) is 77.6 cm³/mol.